The first kappa shape index (κ1) is 14.9. The quantitative estimate of drug-likeness (QED) is 0.765. The summed E-state index contributed by atoms with van der Waals surface area (Å²) >= 11 is 3.54. The number of carbonyl (C=O) groups is 1. The Morgan fingerprint density at radius 1 is 1.25 bits per heavy atom. The highest BCUT2D eigenvalue weighted by molar-refractivity contribution is 9.09. The Hall–Kier alpha value is -0.0500. The van der Waals surface area contributed by atoms with Crippen molar-refractivity contribution in [2.75, 3.05) is 11.9 Å². The maximum absolute atomic E-state index is 12.9. The molecule has 1 amide bonds. The van der Waals surface area contributed by atoms with E-state index in [1.54, 1.807) is 0 Å². The van der Waals surface area contributed by atoms with Crippen molar-refractivity contribution in [2.24, 2.45) is 28.1 Å². The smallest absolute Gasteiger partial charge is 0.226 e. The predicted molar refractivity (Wildman–Crippen MR) is 85.8 cm³/mol. The zero-order valence-corrected chi connectivity index (χ0v) is 14.7. The Morgan fingerprint density at radius 3 is 2.35 bits per heavy atom. The van der Waals surface area contributed by atoms with Crippen molar-refractivity contribution in [3.05, 3.63) is 0 Å². The fourth-order valence-electron chi connectivity index (χ4n) is 5.54. The van der Waals surface area contributed by atoms with Crippen LogP contribution in [0, 0.1) is 28.1 Å². The van der Waals surface area contributed by atoms with Gasteiger partial charge in [-0.25, -0.2) is 0 Å². The summed E-state index contributed by atoms with van der Waals surface area (Å²) in [7, 11) is 0. The maximum Gasteiger partial charge on any atom is 0.226 e. The summed E-state index contributed by atoms with van der Waals surface area (Å²) in [5.41, 5.74) is 0.565. The van der Waals surface area contributed by atoms with E-state index >= 15 is 0 Å². The summed E-state index contributed by atoms with van der Waals surface area (Å²) in [6.45, 7) is 7.60. The SMILES string of the molecule is CC(C)(CBr)CNC(=O)C12CC3CC(CC(C)(C3)C1)C2. The van der Waals surface area contributed by atoms with Gasteiger partial charge in [-0.3, -0.25) is 4.79 Å². The van der Waals surface area contributed by atoms with Gasteiger partial charge < -0.3 is 5.32 Å². The van der Waals surface area contributed by atoms with Gasteiger partial charge in [0.25, 0.3) is 0 Å². The van der Waals surface area contributed by atoms with Gasteiger partial charge in [0.15, 0.2) is 0 Å². The average molecular weight is 342 g/mol. The molecule has 0 aromatic carbocycles. The van der Waals surface area contributed by atoms with E-state index < -0.39 is 0 Å². The number of rotatable bonds is 4. The van der Waals surface area contributed by atoms with Crippen LogP contribution in [0.2, 0.25) is 0 Å². The molecule has 3 heteroatoms. The predicted octanol–water partition coefficient (Wildman–Crippen LogP) is 4.13. The molecule has 2 unspecified atom stereocenters. The Balaban J connectivity index is 1.71. The van der Waals surface area contributed by atoms with Gasteiger partial charge in [-0.05, 0) is 61.2 Å². The molecule has 4 bridgehead atoms. The molecule has 4 aliphatic carbocycles. The summed E-state index contributed by atoms with van der Waals surface area (Å²) < 4.78 is 0. The van der Waals surface area contributed by atoms with Crippen molar-refractivity contribution in [2.45, 2.75) is 59.3 Å². The first-order valence-corrected chi connectivity index (χ1v) is 9.22. The summed E-state index contributed by atoms with van der Waals surface area (Å²) in [6, 6.07) is 0. The Kier molecular flexibility index (Phi) is 3.51. The van der Waals surface area contributed by atoms with Crippen LogP contribution in [-0.2, 0) is 4.79 Å². The van der Waals surface area contributed by atoms with E-state index in [1.165, 1.54) is 19.3 Å². The molecule has 4 saturated carbocycles. The lowest BCUT2D eigenvalue weighted by Crippen LogP contribution is -2.57. The molecule has 0 radical (unpaired) electrons. The zero-order valence-electron chi connectivity index (χ0n) is 13.1. The highest BCUT2D eigenvalue weighted by atomic mass is 79.9. The molecule has 0 aliphatic heterocycles. The lowest BCUT2D eigenvalue weighted by atomic mass is 9.44. The van der Waals surface area contributed by atoms with E-state index in [2.05, 4.69) is 42.0 Å². The molecule has 0 aromatic heterocycles. The number of nitrogens with one attached hydrogen (secondary N) is 1. The van der Waals surface area contributed by atoms with E-state index in [9.17, 15) is 4.79 Å². The molecule has 4 fully saturated rings. The molecule has 0 heterocycles. The summed E-state index contributed by atoms with van der Waals surface area (Å²) in [5.74, 6) is 1.99. The molecule has 2 atom stereocenters. The van der Waals surface area contributed by atoms with E-state index in [0.29, 0.717) is 11.3 Å². The van der Waals surface area contributed by atoms with E-state index in [4.69, 9.17) is 0 Å². The van der Waals surface area contributed by atoms with Crippen LogP contribution in [0.15, 0.2) is 0 Å². The van der Waals surface area contributed by atoms with Gasteiger partial charge in [-0.15, -0.1) is 0 Å². The van der Waals surface area contributed by atoms with Crippen LogP contribution in [0.4, 0.5) is 0 Å². The third-order valence-corrected chi connectivity index (χ3v) is 7.44. The second-order valence-corrected chi connectivity index (χ2v) is 9.59. The first-order valence-electron chi connectivity index (χ1n) is 8.10. The lowest BCUT2D eigenvalue weighted by molar-refractivity contribution is -0.155. The molecular weight excluding hydrogens is 314 g/mol. The number of hydrogen-bond acceptors (Lipinski definition) is 1. The number of alkyl halides is 1. The van der Waals surface area contributed by atoms with Crippen LogP contribution in [0.5, 0.6) is 0 Å². The molecule has 1 N–H and O–H groups in total. The first-order chi connectivity index (χ1) is 9.26. The molecule has 4 rings (SSSR count). The minimum absolute atomic E-state index is 0.0266. The number of amides is 1. The third kappa shape index (κ3) is 2.55. The third-order valence-electron chi connectivity index (χ3n) is 5.92. The van der Waals surface area contributed by atoms with Gasteiger partial charge in [0, 0.05) is 11.9 Å². The van der Waals surface area contributed by atoms with Gasteiger partial charge in [0.1, 0.15) is 0 Å². The Morgan fingerprint density at radius 2 is 1.85 bits per heavy atom. The summed E-state index contributed by atoms with van der Waals surface area (Å²) in [4.78, 5) is 12.9. The van der Waals surface area contributed by atoms with Crippen molar-refractivity contribution in [3.63, 3.8) is 0 Å². The molecule has 0 spiro atoms. The molecule has 0 aromatic rings. The standard InChI is InChI=1S/C17H28BrNO/c1-15(2,10-18)11-19-14(20)17-7-12-4-13(8-17)6-16(3,5-12)9-17/h12-13H,4-11H2,1-3H3,(H,19,20). The lowest BCUT2D eigenvalue weighted by Gasteiger charge is -2.60. The monoisotopic (exact) mass is 341 g/mol. The normalized spacial score (nSPS) is 42.8. The van der Waals surface area contributed by atoms with Crippen LogP contribution >= 0.6 is 15.9 Å². The van der Waals surface area contributed by atoms with Gasteiger partial charge in [0.05, 0.1) is 5.41 Å². The minimum Gasteiger partial charge on any atom is -0.355 e. The van der Waals surface area contributed by atoms with Crippen molar-refractivity contribution in [3.8, 4) is 0 Å². The number of carbonyl (C=O) groups excluding carboxylic acids is 1. The topological polar surface area (TPSA) is 29.1 Å². The molecular formula is C17H28BrNO. The van der Waals surface area contributed by atoms with Gasteiger partial charge in [-0.1, -0.05) is 36.7 Å². The van der Waals surface area contributed by atoms with Crippen molar-refractivity contribution < 1.29 is 4.79 Å². The molecule has 2 nitrogen and oxygen atoms in total. The second kappa shape index (κ2) is 4.72. The molecule has 114 valence electrons. The maximum atomic E-state index is 12.9. The van der Waals surface area contributed by atoms with E-state index in [0.717, 1.165) is 43.0 Å². The average Bonchev–Trinajstić information content (AvgIpc) is 2.33. The molecule has 4 aliphatic rings. The van der Waals surface area contributed by atoms with Crippen LogP contribution < -0.4 is 5.32 Å². The van der Waals surface area contributed by atoms with Crippen molar-refractivity contribution >= 4 is 21.8 Å². The van der Waals surface area contributed by atoms with Crippen LogP contribution in [0.1, 0.15) is 59.3 Å². The Labute approximate surface area is 131 Å². The van der Waals surface area contributed by atoms with Gasteiger partial charge >= 0.3 is 0 Å². The molecule has 0 saturated heterocycles. The number of hydrogen-bond donors (Lipinski definition) is 1. The van der Waals surface area contributed by atoms with Crippen molar-refractivity contribution in [1.82, 2.24) is 5.32 Å². The second-order valence-electron chi connectivity index (χ2n) is 9.03. The van der Waals surface area contributed by atoms with Gasteiger partial charge in [-0.2, -0.15) is 0 Å². The van der Waals surface area contributed by atoms with Crippen LogP contribution in [0.25, 0.3) is 0 Å². The molecule has 20 heavy (non-hydrogen) atoms. The summed E-state index contributed by atoms with van der Waals surface area (Å²) in [5, 5.41) is 4.21. The van der Waals surface area contributed by atoms with Crippen LogP contribution in [-0.4, -0.2) is 17.8 Å². The summed E-state index contributed by atoms with van der Waals surface area (Å²) in [6.07, 6.45) is 7.56. The van der Waals surface area contributed by atoms with Gasteiger partial charge in [0.2, 0.25) is 5.91 Å². The van der Waals surface area contributed by atoms with E-state index in [1.807, 2.05) is 0 Å². The highest BCUT2D eigenvalue weighted by Gasteiger charge is 2.58. The van der Waals surface area contributed by atoms with Crippen LogP contribution in [0.3, 0.4) is 0 Å². The fourth-order valence-corrected chi connectivity index (χ4v) is 5.74. The fraction of sp³-hybridized carbons (Fsp3) is 0.941. The largest absolute Gasteiger partial charge is 0.355 e. The Bertz CT molecular complexity index is 403. The minimum atomic E-state index is -0.0266. The zero-order chi connectivity index (χ0) is 14.6. The number of halogens is 1. The van der Waals surface area contributed by atoms with Crippen molar-refractivity contribution in [1.29, 1.82) is 0 Å². The highest BCUT2D eigenvalue weighted by Crippen LogP contribution is 2.65. The van der Waals surface area contributed by atoms with E-state index in [-0.39, 0.29) is 10.8 Å².